The number of hydrazone groups is 1. The Morgan fingerprint density at radius 3 is 2.74 bits per heavy atom. The Bertz CT molecular complexity index is 1650. The number of aliphatic imine (C=N–C) groups is 1. The molecule has 7 rings (SSSR count). The van der Waals surface area contributed by atoms with Crippen LogP contribution in [-0.2, 0) is 4.79 Å². The summed E-state index contributed by atoms with van der Waals surface area (Å²) in [5.41, 5.74) is 8.79. The highest BCUT2D eigenvalue weighted by molar-refractivity contribution is 7.80. The second-order valence-electron chi connectivity index (χ2n) is 12.5. The summed E-state index contributed by atoms with van der Waals surface area (Å²) in [7, 11) is 0. The number of thiocarbonyl (C=S) groups is 1. The molecule has 1 heterocycles. The number of benzene rings is 1. The lowest BCUT2D eigenvalue weighted by molar-refractivity contribution is -0.110. The van der Waals surface area contributed by atoms with Crippen molar-refractivity contribution in [2.24, 2.45) is 27.3 Å². The monoisotopic (exact) mass is 593 g/mol. The van der Waals surface area contributed by atoms with E-state index in [0.29, 0.717) is 17.5 Å². The van der Waals surface area contributed by atoms with Gasteiger partial charge in [0.25, 0.3) is 0 Å². The van der Waals surface area contributed by atoms with Gasteiger partial charge >= 0.3 is 0 Å². The topological polar surface area (TPSA) is 92.5 Å². The first kappa shape index (κ1) is 28.0. The average molecular weight is 594 g/mol. The zero-order valence-corrected chi connectivity index (χ0v) is 25.3. The van der Waals surface area contributed by atoms with Crippen molar-refractivity contribution in [2.45, 2.75) is 70.3 Å². The molecule has 5 unspecified atom stereocenters. The quantitative estimate of drug-likeness (QED) is 0.193. The summed E-state index contributed by atoms with van der Waals surface area (Å²) in [6.45, 7) is 4.36. The van der Waals surface area contributed by atoms with Gasteiger partial charge in [-0.2, -0.15) is 5.10 Å². The number of carbonyl (C=O) groups excluding carboxylic acids is 1. The van der Waals surface area contributed by atoms with Crippen LogP contribution in [0.5, 0.6) is 11.5 Å². The number of nitrogens with one attached hydrogen (secondary N) is 1. The van der Waals surface area contributed by atoms with Gasteiger partial charge in [0.15, 0.2) is 17.3 Å². The van der Waals surface area contributed by atoms with Crippen molar-refractivity contribution in [3.05, 3.63) is 70.9 Å². The molecule has 8 heteroatoms. The smallest absolute Gasteiger partial charge is 0.231 e. The molecule has 2 saturated carbocycles. The van der Waals surface area contributed by atoms with Gasteiger partial charge in [-0.1, -0.05) is 24.5 Å². The van der Waals surface area contributed by atoms with Crippen LogP contribution in [0.3, 0.4) is 0 Å². The lowest BCUT2D eigenvalue weighted by Gasteiger charge is -2.53. The van der Waals surface area contributed by atoms with E-state index in [0.717, 1.165) is 62.2 Å². The van der Waals surface area contributed by atoms with Gasteiger partial charge in [-0.25, -0.2) is 4.99 Å². The molecule has 6 aliphatic rings. The Hall–Kier alpha value is -3.80. The van der Waals surface area contributed by atoms with E-state index in [-0.39, 0.29) is 29.0 Å². The van der Waals surface area contributed by atoms with Crippen molar-refractivity contribution < 1.29 is 19.4 Å². The fraction of sp³-hybridized carbons (Fsp3) is 0.429. The molecule has 1 aromatic rings. The summed E-state index contributed by atoms with van der Waals surface area (Å²) in [5, 5.41) is 16.8. The molecule has 220 valence electrons. The molecule has 0 aromatic heterocycles. The van der Waals surface area contributed by atoms with Crippen molar-refractivity contribution >= 4 is 34.5 Å². The van der Waals surface area contributed by atoms with Crippen molar-refractivity contribution in [3.63, 3.8) is 0 Å². The Balaban J connectivity index is 1.23. The maximum Gasteiger partial charge on any atom is 0.231 e. The number of ether oxygens (including phenoxy) is 2. The zero-order valence-electron chi connectivity index (χ0n) is 24.5. The predicted molar refractivity (Wildman–Crippen MR) is 170 cm³/mol. The van der Waals surface area contributed by atoms with Gasteiger partial charge in [0.05, 0.1) is 11.4 Å². The van der Waals surface area contributed by atoms with E-state index in [9.17, 15) is 9.90 Å². The molecule has 0 radical (unpaired) electrons. The van der Waals surface area contributed by atoms with Crippen molar-refractivity contribution in [3.8, 4) is 23.3 Å². The third-order valence-corrected chi connectivity index (χ3v) is 10.6. The highest BCUT2D eigenvalue weighted by atomic mass is 32.1. The lowest BCUT2D eigenvalue weighted by atomic mass is 9.51. The molecule has 1 aliphatic heterocycles. The highest BCUT2D eigenvalue weighted by Gasteiger charge is 2.62. The van der Waals surface area contributed by atoms with E-state index >= 15 is 0 Å². The fourth-order valence-electron chi connectivity index (χ4n) is 8.39. The molecule has 0 spiro atoms. The van der Waals surface area contributed by atoms with Crippen LogP contribution in [0.4, 0.5) is 0 Å². The number of ketones is 1. The highest BCUT2D eigenvalue weighted by Crippen LogP contribution is 2.66. The van der Waals surface area contributed by atoms with E-state index in [1.54, 1.807) is 12.2 Å². The largest absolute Gasteiger partial charge is 0.454 e. The van der Waals surface area contributed by atoms with Gasteiger partial charge in [0, 0.05) is 11.3 Å². The number of allylic oxidation sites excluding steroid dienone is 8. The van der Waals surface area contributed by atoms with E-state index in [1.165, 1.54) is 34.4 Å². The van der Waals surface area contributed by atoms with E-state index in [1.807, 2.05) is 13.0 Å². The predicted octanol–water partition coefficient (Wildman–Crippen LogP) is 5.87. The molecule has 7 nitrogen and oxygen atoms in total. The van der Waals surface area contributed by atoms with Gasteiger partial charge in [0.2, 0.25) is 11.9 Å². The number of nitrogens with zero attached hydrogens (tertiary/aromatic N) is 2. The summed E-state index contributed by atoms with van der Waals surface area (Å²) in [6.07, 6.45) is 14.8. The number of rotatable bonds is 2. The number of hydrogen-bond donors (Lipinski definition) is 2. The molecule has 43 heavy (non-hydrogen) atoms. The van der Waals surface area contributed by atoms with Gasteiger partial charge in [-0.3, -0.25) is 10.2 Å². The molecule has 2 fully saturated rings. The van der Waals surface area contributed by atoms with Gasteiger partial charge in [-0.05, 0) is 135 Å². The molecule has 0 bridgehead atoms. The number of carbonyl (C=O) groups is 1. The van der Waals surface area contributed by atoms with Crippen LogP contribution in [0.25, 0.3) is 0 Å². The van der Waals surface area contributed by atoms with Gasteiger partial charge in [-0.15, -0.1) is 5.92 Å². The molecular formula is C35H35N3O4S. The summed E-state index contributed by atoms with van der Waals surface area (Å²) >= 11 is 5.38. The summed E-state index contributed by atoms with van der Waals surface area (Å²) in [5.74, 6) is 8.77. The second-order valence-corrected chi connectivity index (χ2v) is 12.9. The van der Waals surface area contributed by atoms with Gasteiger partial charge in [0.1, 0.15) is 5.60 Å². The van der Waals surface area contributed by atoms with E-state index < -0.39 is 5.60 Å². The summed E-state index contributed by atoms with van der Waals surface area (Å²) < 4.78 is 11.4. The minimum absolute atomic E-state index is 0.0619. The van der Waals surface area contributed by atoms with Crippen LogP contribution in [-0.4, -0.2) is 39.8 Å². The van der Waals surface area contributed by atoms with Crippen molar-refractivity contribution in [1.82, 2.24) is 5.43 Å². The standard InChI is InChI=1S/C35H35N3O4S/c1-3-15-35(40)16-14-29-27-11-4-21-17-24(37-38-33(43)36-23-6-9-25(39)10-7-23)8-12-26(21)32(27)28(19-34(29,35)2)22-5-13-30-31(18-22)42-20-41-30/h5-7,9-10,13,17-18,27-29,40H,4,8,11-12,14,16,19-20H2,1-2H3,(H,38,43)/b37-24+. The van der Waals surface area contributed by atoms with Gasteiger partial charge < -0.3 is 14.6 Å². The summed E-state index contributed by atoms with van der Waals surface area (Å²) in [4.78, 5) is 15.7. The molecular weight excluding hydrogens is 558 g/mol. The Morgan fingerprint density at radius 2 is 1.93 bits per heavy atom. The minimum atomic E-state index is -0.980. The first-order chi connectivity index (χ1) is 20.8. The van der Waals surface area contributed by atoms with Crippen molar-refractivity contribution in [1.29, 1.82) is 0 Å². The normalized spacial score (nSPS) is 32.9. The Morgan fingerprint density at radius 1 is 1.12 bits per heavy atom. The SMILES string of the molecule is CC#CC1(O)CCC2C3CCC4=C/C(=N/NC(=S)N=C5C=CC(=O)C=C5)CCC4=C3C(c3ccc4c(c3)OCO4)CC21C. The number of fused-ring (bicyclic) bond motifs is 5. The third-order valence-electron chi connectivity index (χ3n) is 10.4. The van der Waals surface area contributed by atoms with Crippen LogP contribution in [0.1, 0.15) is 70.3 Å². The molecule has 5 aliphatic carbocycles. The average Bonchev–Trinajstić information content (AvgIpc) is 3.58. The summed E-state index contributed by atoms with van der Waals surface area (Å²) in [6, 6.07) is 6.35. The Kier molecular flexibility index (Phi) is 6.98. The van der Waals surface area contributed by atoms with Crippen LogP contribution >= 0.6 is 12.2 Å². The van der Waals surface area contributed by atoms with Crippen LogP contribution in [0.15, 0.2) is 75.4 Å². The van der Waals surface area contributed by atoms with E-state index in [4.69, 9.17) is 21.7 Å². The molecule has 0 amide bonds. The third kappa shape index (κ3) is 4.79. The van der Waals surface area contributed by atoms with E-state index in [2.05, 4.69) is 52.5 Å². The minimum Gasteiger partial charge on any atom is -0.454 e. The van der Waals surface area contributed by atoms with Crippen LogP contribution < -0.4 is 14.9 Å². The maximum absolute atomic E-state index is 11.9. The lowest BCUT2D eigenvalue weighted by Crippen LogP contribution is -2.51. The van der Waals surface area contributed by atoms with Crippen LogP contribution in [0.2, 0.25) is 0 Å². The maximum atomic E-state index is 11.9. The number of aliphatic hydroxyl groups is 1. The molecule has 1 aromatic carbocycles. The first-order valence-corrected chi connectivity index (χ1v) is 15.5. The molecule has 5 atom stereocenters. The molecule has 0 saturated heterocycles. The van der Waals surface area contributed by atoms with Crippen molar-refractivity contribution in [2.75, 3.05) is 6.79 Å². The zero-order chi connectivity index (χ0) is 29.8. The Labute approximate surface area is 257 Å². The first-order valence-electron chi connectivity index (χ1n) is 15.1. The fourth-order valence-corrected chi connectivity index (χ4v) is 8.54. The molecule has 2 N–H and O–H groups in total. The number of hydrogen-bond acceptors (Lipinski definition) is 6. The second kappa shape index (κ2) is 10.7. The van der Waals surface area contributed by atoms with Crippen LogP contribution in [0, 0.1) is 29.1 Å².